The molecule has 0 radical (unpaired) electrons. The number of likely N-dealkylation sites (N-methyl/N-ethyl adjacent to an activating group) is 1. The number of rotatable bonds is 6. The van der Waals surface area contributed by atoms with Crippen LogP contribution in [0.4, 0.5) is 5.69 Å². The lowest BCUT2D eigenvalue weighted by molar-refractivity contribution is -0.118. The molecule has 128 valence electrons. The summed E-state index contributed by atoms with van der Waals surface area (Å²) in [5.41, 5.74) is 0.359. The van der Waals surface area contributed by atoms with Gasteiger partial charge in [0.2, 0.25) is 10.0 Å². The Bertz CT molecular complexity index is 707. The third-order valence-corrected chi connectivity index (χ3v) is 6.02. The molecule has 0 aliphatic carbocycles. The molecule has 1 N–H and O–H groups in total. The Labute approximate surface area is 140 Å². The Morgan fingerprint density at radius 3 is 2.78 bits per heavy atom. The van der Waals surface area contributed by atoms with Crippen LogP contribution in [0.15, 0.2) is 17.0 Å². The molecule has 9 heteroatoms. The number of amides is 1. The summed E-state index contributed by atoms with van der Waals surface area (Å²) >= 11 is 6.13. The summed E-state index contributed by atoms with van der Waals surface area (Å²) in [5.74, 6) is -0.0314. The van der Waals surface area contributed by atoms with Crippen molar-refractivity contribution in [3.05, 3.63) is 17.2 Å². The van der Waals surface area contributed by atoms with Crippen molar-refractivity contribution in [2.75, 3.05) is 32.2 Å². The van der Waals surface area contributed by atoms with E-state index in [1.807, 2.05) is 0 Å². The monoisotopic (exact) mass is 362 g/mol. The quantitative estimate of drug-likeness (QED) is 0.832. The van der Waals surface area contributed by atoms with Gasteiger partial charge in [-0.15, -0.1) is 0 Å². The van der Waals surface area contributed by atoms with Crippen LogP contribution in [-0.4, -0.2) is 51.5 Å². The van der Waals surface area contributed by atoms with Crippen LogP contribution >= 0.6 is 11.6 Å². The van der Waals surface area contributed by atoms with Gasteiger partial charge in [0, 0.05) is 25.8 Å². The van der Waals surface area contributed by atoms with Crippen molar-refractivity contribution in [1.82, 2.24) is 4.31 Å². The maximum Gasteiger partial charge on any atom is 0.262 e. The van der Waals surface area contributed by atoms with Crippen molar-refractivity contribution in [3.8, 4) is 5.75 Å². The molecule has 0 saturated carbocycles. The summed E-state index contributed by atoms with van der Waals surface area (Å²) in [6.45, 7) is 3.88. The molecule has 0 spiro atoms. The van der Waals surface area contributed by atoms with Gasteiger partial charge in [-0.2, -0.15) is 4.31 Å². The molecule has 2 rings (SSSR count). The highest BCUT2D eigenvalue weighted by Crippen LogP contribution is 2.37. The summed E-state index contributed by atoms with van der Waals surface area (Å²) in [6, 6.07) is 2.38. The zero-order chi connectivity index (χ0) is 17.2. The Morgan fingerprint density at radius 1 is 1.48 bits per heavy atom. The van der Waals surface area contributed by atoms with Gasteiger partial charge in [-0.25, -0.2) is 8.42 Å². The summed E-state index contributed by atoms with van der Waals surface area (Å²) in [4.78, 5) is 11.3. The summed E-state index contributed by atoms with van der Waals surface area (Å²) in [6.07, 6.45) is 0. The number of anilines is 1. The number of halogens is 1. The first-order valence-electron chi connectivity index (χ1n) is 7.08. The van der Waals surface area contributed by atoms with Crippen LogP contribution in [0.25, 0.3) is 0 Å². The Morgan fingerprint density at radius 2 is 2.17 bits per heavy atom. The molecule has 1 aromatic rings. The number of nitrogens with zero attached hydrogens (tertiary/aromatic N) is 1. The minimum atomic E-state index is -3.82. The summed E-state index contributed by atoms with van der Waals surface area (Å²) in [5, 5.41) is 2.61. The van der Waals surface area contributed by atoms with Gasteiger partial charge < -0.3 is 14.8 Å². The zero-order valence-electron chi connectivity index (χ0n) is 13.1. The number of hydrogen-bond donors (Lipinski definition) is 1. The molecular formula is C14H19ClN2O5S. The highest BCUT2D eigenvalue weighted by atomic mass is 35.5. The maximum atomic E-state index is 12.9. The van der Waals surface area contributed by atoms with E-state index >= 15 is 0 Å². The highest BCUT2D eigenvalue weighted by molar-refractivity contribution is 7.89. The third kappa shape index (κ3) is 3.60. The molecule has 0 unspecified atom stereocenters. The molecule has 1 atom stereocenters. The number of ether oxygens (including phenoxy) is 2. The van der Waals surface area contributed by atoms with Gasteiger partial charge in [-0.05, 0) is 13.0 Å². The minimum Gasteiger partial charge on any atom is -0.482 e. The van der Waals surface area contributed by atoms with Crippen LogP contribution in [0.1, 0.15) is 13.8 Å². The first-order valence-corrected chi connectivity index (χ1v) is 8.90. The van der Waals surface area contributed by atoms with Gasteiger partial charge in [-0.1, -0.05) is 18.5 Å². The lowest BCUT2D eigenvalue weighted by Gasteiger charge is -2.28. The molecular weight excluding hydrogens is 344 g/mol. The second-order valence-corrected chi connectivity index (χ2v) is 7.39. The lowest BCUT2D eigenvalue weighted by Crippen LogP contribution is -2.41. The predicted molar refractivity (Wildman–Crippen MR) is 86.5 cm³/mol. The maximum absolute atomic E-state index is 12.9. The second-order valence-electron chi connectivity index (χ2n) is 5.13. The average Bonchev–Trinajstić information content (AvgIpc) is 2.46. The van der Waals surface area contributed by atoms with E-state index in [0.717, 1.165) is 0 Å². The van der Waals surface area contributed by atoms with Crippen LogP contribution in [0.5, 0.6) is 5.75 Å². The molecule has 0 bridgehead atoms. The number of carbonyl (C=O) groups is 1. The van der Waals surface area contributed by atoms with Gasteiger partial charge in [-0.3, -0.25) is 4.79 Å². The summed E-state index contributed by atoms with van der Waals surface area (Å²) in [7, 11) is -2.31. The van der Waals surface area contributed by atoms with Crippen LogP contribution in [0.3, 0.4) is 0 Å². The van der Waals surface area contributed by atoms with E-state index < -0.39 is 10.0 Å². The minimum absolute atomic E-state index is 0.0256. The molecule has 0 fully saturated rings. The van der Waals surface area contributed by atoms with Gasteiger partial charge in [0.1, 0.15) is 10.6 Å². The van der Waals surface area contributed by atoms with E-state index in [2.05, 4.69) is 5.32 Å². The standard InChI is InChI=1S/C14H19ClN2O5S/c1-4-17(9(2)7-21-3)23(19,20)13-6-12-11(5-10(13)15)16-14(18)8-22-12/h5-6,9H,4,7-8H2,1-3H3,(H,16,18)/t9-/m0/s1. The number of fused-ring (bicyclic) bond motifs is 1. The van der Waals surface area contributed by atoms with E-state index in [1.54, 1.807) is 13.8 Å². The van der Waals surface area contributed by atoms with Crippen molar-refractivity contribution < 1.29 is 22.7 Å². The number of nitrogens with one attached hydrogen (secondary N) is 1. The van der Waals surface area contributed by atoms with E-state index in [-0.39, 0.29) is 47.4 Å². The molecule has 1 aromatic carbocycles. The van der Waals surface area contributed by atoms with E-state index in [9.17, 15) is 13.2 Å². The Kier molecular flexibility index (Phi) is 5.51. The number of hydrogen-bond acceptors (Lipinski definition) is 5. The van der Waals surface area contributed by atoms with E-state index in [0.29, 0.717) is 5.69 Å². The Hall–Kier alpha value is -1.35. The number of benzene rings is 1. The van der Waals surface area contributed by atoms with Gasteiger partial charge >= 0.3 is 0 Å². The van der Waals surface area contributed by atoms with Crippen molar-refractivity contribution in [1.29, 1.82) is 0 Å². The number of carbonyl (C=O) groups excluding carboxylic acids is 1. The van der Waals surface area contributed by atoms with Gasteiger partial charge in [0.15, 0.2) is 6.61 Å². The molecule has 1 aliphatic heterocycles. The summed E-state index contributed by atoms with van der Waals surface area (Å²) < 4.78 is 37.4. The smallest absolute Gasteiger partial charge is 0.262 e. The van der Waals surface area contributed by atoms with Crippen LogP contribution < -0.4 is 10.1 Å². The molecule has 1 amide bonds. The average molecular weight is 363 g/mol. The Balaban J connectivity index is 2.45. The molecule has 1 heterocycles. The first kappa shape index (κ1) is 18.0. The van der Waals surface area contributed by atoms with Crippen molar-refractivity contribution in [3.63, 3.8) is 0 Å². The van der Waals surface area contributed by atoms with Gasteiger partial charge in [0.05, 0.1) is 17.3 Å². The van der Waals surface area contributed by atoms with Crippen molar-refractivity contribution in [2.45, 2.75) is 24.8 Å². The topological polar surface area (TPSA) is 84.9 Å². The van der Waals surface area contributed by atoms with Gasteiger partial charge in [0.25, 0.3) is 5.91 Å². The normalized spacial score (nSPS) is 15.8. The molecule has 23 heavy (non-hydrogen) atoms. The molecule has 7 nitrogen and oxygen atoms in total. The molecule has 0 saturated heterocycles. The van der Waals surface area contributed by atoms with Crippen molar-refractivity contribution in [2.24, 2.45) is 0 Å². The predicted octanol–water partition coefficient (Wildman–Crippen LogP) is 1.72. The van der Waals surface area contributed by atoms with Crippen LogP contribution in [-0.2, 0) is 19.6 Å². The van der Waals surface area contributed by atoms with Crippen LogP contribution in [0, 0.1) is 0 Å². The number of methoxy groups -OCH3 is 1. The fourth-order valence-corrected chi connectivity index (χ4v) is 4.59. The third-order valence-electron chi connectivity index (χ3n) is 3.46. The largest absolute Gasteiger partial charge is 0.482 e. The zero-order valence-corrected chi connectivity index (χ0v) is 14.7. The number of sulfonamides is 1. The highest BCUT2D eigenvalue weighted by Gasteiger charge is 2.31. The second kappa shape index (κ2) is 7.04. The SMILES string of the molecule is CCN([C@@H](C)COC)S(=O)(=O)c1cc2c(cc1Cl)NC(=O)CO2. The lowest BCUT2D eigenvalue weighted by atomic mass is 10.2. The fourth-order valence-electron chi connectivity index (χ4n) is 2.45. The first-order chi connectivity index (χ1) is 10.8. The molecule has 0 aromatic heterocycles. The fraction of sp³-hybridized carbons (Fsp3) is 0.500. The van der Waals surface area contributed by atoms with Crippen LogP contribution in [0.2, 0.25) is 5.02 Å². The van der Waals surface area contributed by atoms with E-state index in [1.165, 1.54) is 23.5 Å². The molecule has 1 aliphatic rings. The van der Waals surface area contributed by atoms with Crippen molar-refractivity contribution >= 4 is 33.2 Å². The van der Waals surface area contributed by atoms with E-state index in [4.69, 9.17) is 21.1 Å².